The third-order valence-electron chi connectivity index (χ3n) is 3.62. The molecule has 0 spiro atoms. The first-order valence-electron chi connectivity index (χ1n) is 6.56. The summed E-state index contributed by atoms with van der Waals surface area (Å²) in [6.45, 7) is 3.75. The molecule has 2 heterocycles. The summed E-state index contributed by atoms with van der Waals surface area (Å²) in [5, 5.41) is 11.0. The molecule has 1 aliphatic heterocycles. The largest absolute Gasteiger partial charge is 0.389 e. The van der Waals surface area contributed by atoms with Crippen LogP contribution in [0.15, 0.2) is 23.0 Å². The lowest BCUT2D eigenvalue weighted by molar-refractivity contribution is 0.0676. The van der Waals surface area contributed by atoms with Crippen molar-refractivity contribution in [3.05, 3.63) is 39.4 Å². The lowest BCUT2D eigenvalue weighted by atomic mass is 10.1. The predicted molar refractivity (Wildman–Crippen MR) is 77.9 cm³/mol. The Kier molecular flexibility index (Phi) is 3.28. The van der Waals surface area contributed by atoms with Crippen molar-refractivity contribution in [1.82, 2.24) is 14.9 Å². The van der Waals surface area contributed by atoms with E-state index in [4.69, 9.17) is 11.6 Å². The molecule has 2 N–H and O–H groups in total. The fraction of sp³-hybridized carbons (Fsp3) is 0.429. The smallest absolute Gasteiger partial charge is 0.258 e. The van der Waals surface area contributed by atoms with Crippen LogP contribution < -0.4 is 5.56 Å². The third-order valence-corrected chi connectivity index (χ3v) is 3.86. The van der Waals surface area contributed by atoms with Gasteiger partial charge < -0.3 is 10.1 Å². The second kappa shape index (κ2) is 4.84. The summed E-state index contributed by atoms with van der Waals surface area (Å²) in [7, 11) is 0. The highest BCUT2D eigenvalue weighted by molar-refractivity contribution is 6.31. The van der Waals surface area contributed by atoms with E-state index in [1.165, 1.54) is 0 Å². The number of β-amino-alcohol motifs (C(OH)–C–C–N with tert-alkyl or cyclic N) is 1. The Labute approximate surface area is 121 Å². The van der Waals surface area contributed by atoms with Crippen LogP contribution >= 0.6 is 11.6 Å². The monoisotopic (exact) mass is 293 g/mol. The average Bonchev–Trinajstić information content (AvgIpc) is 2.70. The fourth-order valence-electron chi connectivity index (χ4n) is 2.62. The molecular formula is C14H16ClN3O2. The van der Waals surface area contributed by atoms with E-state index in [0.29, 0.717) is 34.8 Å². The second-order valence-electron chi connectivity index (χ2n) is 5.63. The number of likely N-dealkylation sites (tertiary alicyclic amines) is 1. The molecule has 0 saturated carbocycles. The molecule has 1 atom stereocenters. The lowest BCUT2D eigenvalue weighted by Gasteiger charge is -2.18. The van der Waals surface area contributed by atoms with Gasteiger partial charge in [-0.05, 0) is 31.5 Å². The van der Waals surface area contributed by atoms with Gasteiger partial charge in [-0.3, -0.25) is 9.69 Å². The van der Waals surface area contributed by atoms with Crippen molar-refractivity contribution in [2.24, 2.45) is 0 Å². The van der Waals surface area contributed by atoms with Crippen LogP contribution in [0.2, 0.25) is 5.02 Å². The fourth-order valence-corrected chi connectivity index (χ4v) is 2.79. The first kappa shape index (κ1) is 13.5. The van der Waals surface area contributed by atoms with E-state index in [0.717, 1.165) is 13.0 Å². The van der Waals surface area contributed by atoms with Crippen molar-refractivity contribution in [3.63, 3.8) is 0 Å². The number of nitrogens with one attached hydrogen (secondary N) is 1. The lowest BCUT2D eigenvalue weighted by Crippen LogP contribution is -2.30. The SMILES string of the molecule is CC1(O)CCN(Cc2nc3ccc(Cl)cc3c(=O)[nH]2)C1. The van der Waals surface area contributed by atoms with Crippen LogP contribution in [0.3, 0.4) is 0 Å². The number of fused-ring (bicyclic) bond motifs is 1. The third kappa shape index (κ3) is 2.70. The van der Waals surface area contributed by atoms with E-state index in [1.54, 1.807) is 18.2 Å². The van der Waals surface area contributed by atoms with Crippen LogP contribution in [0.5, 0.6) is 0 Å². The molecule has 5 nitrogen and oxygen atoms in total. The number of nitrogens with zero attached hydrogens (tertiary/aromatic N) is 2. The van der Waals surface area contributed by atoms with Crippen molar-refractivity contribution < 1.29 is 5.11 Å². The second-order valence-corrected chi connectivity index (χ2v) is 6.07. The zero-order valence-corrected chi connectivity index (χ0v) is 11.9. The van der Waals surface area contributed by atoms with Crippen molar-refractivity contribution in [2.45, 2.75) is 25.5 Å². The van der Waals surface area contributed by atoms with Crippen molar-refractivity contribution in [1.29, 1.82) is 0 Å². The molecule has 6 heteroatoms. The highest BCUT2D eigenvalue weighted by Crippen LogP contribution is 2.21. The Bertz CT molecular complexity index is 711. The maximum atomic E-state index is 12.0. The molecule has 0 bridgehead atoms. The number of halogens is 1. The van der Waals surface area contributed by atoms with Gasteiger partial charge in [0.05, 0.1) is 23.0 Å². The zero-order valence-electron chi connectivity index (χ0n) is 11.2. The number of aromatic amines is 1. The van der Waals surface area contributed by atoms with E-state index in [2.05, 4.69) is 14.9 Å². The Hall–Kier alpha value is -1.43. The topological polar surface area (TPSA) is 69.2 Å². The van der Waals surface area contributed by atoms with Gasteiger partial charge in [-0.1, -0.05) is 11.6 Å². The number of H-pyrrole nitrogens is 1. The molecule has 1 aromatic heterocycles. The maximum absolute atomic E-state index is 12.0. The van der Waals surface area contributed by atoms with Crippen LogP contribution in [0.4, 0.5) is 0 Å². The van der Waals surface area contributed by atoms with Gasteiger partial charge in [0.25, 0.3) is 5.56 Å². The highest BCUT2D eigenvalue weighted by atomic mass is 35.5. The molecule has 20 heavy (non-hydrogen) atoms. The summed E-state index contributed by atoms with van der Waals surface area (Å²) < 4.78 is 0. The Balaban J connectivity index is 1.90. The minimum absolute atomic E-state index is 0.182. The molecule has 0 radical (unpaired) electrons. The summed E-state index contributed by atoms with van der Waals surface area (Å²) in [5.41, 5.74) is -0.192. The minimum atomic E-state index is -0.648. The Morgan fingerprint density at radius 2 is 2.35 bits per heavy atom. The summed E-state index contributed by atoms with van der Waals surface area (Å²) in [6.07, 6.45) is 0.737. The summed E-state index contributed by atoms with van der Waals surface area (Å²) in [4.78, 5) is 21.3. The summed E-state index contributed by atoms with van der Waals surface area (Å²) in [5.74, 6) is 0.613. The maximum Gasteiger partial charge on any atom is 0.258 e. The summed E-state index contributed by atoms with van der Waals surface area (Å²) >= 11 is 5.88. The quantitative estimate of drug-likeness (QED) is 0.881. The van der Waals surface area contributed by atoms with Gasteiger partial charge in [0.1, 0.15) is 5.82 Å². The molecule has 1 fully saturated rings. The summed E-state index contributed by atoms with van der Waals surface area (Å²) in [6, 6.07) is 5.09. The molecule has 0 aliphatic carbocycles. The van der Waals surface area contributed by atoms with Gasteiger partial charge in [-0.2, -0.15) is 0 Å². The number of aliphatic hydroxyl groups is 1. The first-order chi connectivity index (χ1) is 9.43. The number of aromatic nitrogens is 2. The van der Waals surface area contributed by atoms with Gasteiger partial charge in [0.15, 0.2) is 0 Å². The Morgan fingerprint density at radius 3 is 3.05 bits per heavy atom. The van der Waals surface area contributed by atoms with E-state index in [-0.39, 0.29) is 5.56 Å². The van der Waals surface area contributed by atoms with E-state index < -0.39 is 5.60 Å². The standard InChI is InChI=1S/C14H16ClN3O2/c1-14(20)4-5-18(8-14)7-12-16-11-3-2-9(15)6-10(11)13(19)17-12/h2-3,6,20H,4-5,7-8H2,1H3,(H,16,17,19). The Morgan fingerprint density at radius 1 is 1.55 bits per heavy atom. The van der Waals surface area contributed by atoms with Crippen LogP contribution in [0, 0.1) is 0 Å². The van der Waals surface area contributed by atoms with Crippen molar-refractivity contribution in [2.75, 3.05) is 13.1 Å². The molecular weight excluding hydrogens is 278 g/mol. The van der Waals surface area contributed by atoms with Gasteiger partial charge in [0, 0.05) is 18.1 Å². The highest BCUT2D eigenvalue weighted by Gasteiger charge is 2.31. The van der Waals surface area contributed by atoms with E-state index in [9.17, 15) is 9.90 Å². The van der Waals surface area contributed by atoms with Crippen LogP contribution in [-0.4, -0.2) is 38.7 Å². The number of hydrogen-bond acceptors (Lipinski definition) is 4. The van der Waals surface area contributed by atoms with Gasteiger partial charge in [-0.15, -0.1) is 0 Å². The minimum Gasteiger partial charge on any atom is -0.389 e. The van der Waals surface area contributed by atoms with Crippen molar-refractivity contribution >= 4 is 22.5 Å². The van der Waals surface area contributed by atoms with Crippen LogP contribution in [-0.2, 0) is 6.54 Å². The normalized spacial score (nSPS) is 23.6. The predicted octanol–water partition coefficient (Wildman–Crippen LogP) is 1.53. The molecule has 3 rings (SSSR count). The molecule has 106 valence electrons. The molecule has 2 aromatic rings. The van der Waals surface area contributed by atoms with Crippen molar-refractivity contribution in [3.8, 4) is 0 Å². The van der Waals surface area contributed by atoms with Crippen LogP contribution in [0.1, 0.15) is 19.2 Å². The number of benzene rings is 1. The van der Waals surface area contributed by atoms with Gasteiger partial charge in [-0.25, -0.2) is 4.98 Å². The molecule has 1 aromatic carbocycles. The van der Waals surface area contributed by atoms with Gasteiger partial charge in [0.2, 0.25) is 0 Å². The first-order valence-corrected chi connectivity index (χ1v) is 6.94. The van der Waals surface area contributed by atoms with E-state index >= 15 is 0 Å². The van der Waals surface area contributed by atoms with Crippen LogP contribution in [0.25, 0.3) is 10.9 Å². The zero-order chi connectivity index (χ0) is 14.3. The van der Waals surface area contributed by atoms with E-state index in [1.807, 2.05) is 6.92 Å². The molecule has 1 aliphatic rings. The number of hydrogen-bond donors (Lipinski definition) is 2. The van der Waals surface area contributed by atoms with Gasteiger partial charge >= 0.3 is 0 Å². The average molecular weight is 294 g/mol. The molecule has 0 amide bonds. The molecule has 1 unspecified atom stereocenters. The number of rotatable bonds is 2. The molecule has 1 saturated heterocycles.